The lowest BCUT2D eigenvalue weighted by Crippen LogP contribution is -2.41. The van der Waals surface area contributed by atoms with Gasteiger partial charge >= 0.3 is 12.0 Å². The molecule has 0 bridgehead atoms. The van der Waals surface area contributed by atoms with E-state index in [4.69, 9.17) is 4.74 Å². The van der Waals surface area contributed by atoms with Gasteiger partial charge in [0.2, 0.25) is 0 Å². The van der Waals surface area contributed by atoms with Crippen LogP contribution in [0.25, 0.3) is 11.1 Å². The molecule has 0 saturated heterocycles. The van der Waals surface area contributed by atoms with Crippen LogP contribution in [0.5, 0.6) is 5.75 Å². The Morgan fingerprint density at radius 3 is 2.11 bits per heavy atom. The second-order valence-electron chi connectivity index (χ2n) is 6.69. The number of phenols is 1. The normalized spacial score (nSPS) is 10.4. The van der Waals surface area contributed by atoms with Crippen molar-refractivity contribution in [3.8, 4) is 16.9 Å². The van der Waals surface area contributed by atoms with Gasteiger partial charge in [0.1, 0.15) is 5.75 Å². The van der Waals surface area contributed by atoms with Crippen molar-refractivity contribution in [2.75, 3.05) is 13.2 Å². The molecule has 0 atom stereocenters. The average Bonchev–Trinajstić information content (AvgIpc) is 2.66. The van der Waals surface area contributed by atoms with Gasteiger partial charge in [-0.3, -0.25) is 10.1 Å². The molecule has 7 heteroatoms. The number of imide groups is 1. The fourth-order valence-electron chi connectivity index (χ4n) is 2.35. The quantitative estimate of drug-likeness (QED) is 0.636. The van der Waals surface area contributed by atoms with Gasteiger partial charge in [0, 0.05) is 6.54 Å². The van der Waals surface area contributed by atoms with Crippen LogP contribution in [0.2, 0.25) is 0 Å². The van der Waals surface area contributed by atoms with Gasteiger partial charge in [0.15, 0.2) is 6.61 Å². The highest BCUT2D eigenvalue weighted by Gasteiger charge is 2.12. The number of hydrogen-bond acceptors (Lipinski definition) is 5. The summed E-state index contributed by atoms with van der Waals surface area (Å²) < 4.78 is 4.93. The number of rotatable bonds is 7. The Morgan fingerprint density at radius 1 is 0.964 bits per heavy atom. The number of benzene rings is 2. The number of urea groups is 1. The molecule has 2 aromatic rings. The molecule has 28 heavy (non-hydrogen) atoms. The lowest BCUT2D eigenvalue weighted by molar-refractivity contribution is -0.123. The van der Waals surface area contributed by atoms with E-state index in [0.717, 1.165) is 17.5 Å². The van der Waals surface area contributed by atoms with Crippen LogP contribution in [-0.4, -0.2) is 36.2 Å². The highest BCUT2D eigenvalue weighted by atomic mass is 16.5. The number of esters is 1. The summed E-state index contributed by atoms with van der Waals surface area (Å²) in [6, 6.07) is 12.7. The number of aromatic hydroxyl groups is 1. The molecule has 0 aliphatic heterocycles. The van der Waals surface area contributed by atoms with Crippen LogP contribution in [0.15, 0.2) is 48.5 Å². The van der Waals surface area contributed by atoms with Crippen molar-refractivity contribution >= 4 is 17.9 Å². The molecule has 0 radical (unpaired) electrons. The molecule has 3 N–H and O–H groups in total. The molecule has 0 unspecified atom stereocenters. The fourth-order valence-corrected chi connectivity index (χ4v) is 2.35. The number of nitrogens with one attached hydrogen (secondary N) is 2. The third-order valence-electron chi connectivity index (χ3n) is 3.92. The van der Waals surface area contributed by atoms with Gasteiger partial charge in [-0.2, -0.15) is 0 Å². The minimum atomic E-state index is -0.698. The molecule has 0 aromatic heterocycles. The standard InChI is InChI=1S/C21H24N2O5/c1-14(2)11-12-22-21(27)23-19(25)13-28-20(26)17-5-3-15(4-6-17)16-7-9-18(24)10-8-16/h3-10,14,24H,11-13H2,1-2H3,(H2,22,23,25,27). The monoisotopic (exact) mass is 384 g/mol. The van der Waals surface area contributed by atoms with Gasteiger partial charge in [-0.25, -0.2) is 9.59 Å². The minimum Gasteiger partial charge on any atom is -0.508 e. The summed E-state index contributed by atoms with van der Waals surface area (Å²) >= 11 is 0. The lowest BCUT2D eigenvalue weighted by atomic mass is 10.0. The summed E-state index contributed by atoms with van der Waals surface area (Å²) in [5, 5.41) is 14.0. The first kappa shape index (κ1) is 21.0. The topological polar surface area (TPSA) is 105 Å². The van der Waals surface area contributed by atoms with Crippen LogP contribution in [0.3, 0.4) is 0 Å². The number of carbonyl (C=O) groups excluding carboxylic acids is 3. The maximum absolute atomic E-state index is 12.0. The molecular weight excluding hydrogens is 360 g/mol. The third-order valence-corrected chi connectivity index (χ3v) is 3.92. The number of hydrogen-bond donors (Lipinski definition) is 3. The summed E-state index contributed by atoms with van der Waals surface area (Å²) in [7, 11) is 0. The van der Waals surface area contributed by atoms with E-state index >= 15 is 0 Å². The highest BCUT2D eigenvalue weighted by molar-refractivity contribution is 5.97. The third kappa shape index (κ3) is 6.75. The van der Waals surface area contributed by atoms with E-state index in [1.54, 1.807) is 48.5 Å². The molecule has 0 saturated carbocycles. The molecular formula is C21H24N2O5. The number of ether oxygens (including phenoxy) is 1. The molecule has 0 aliphatic rings. The fraction of sp³-hybridized carbons (Fsp3) is 0.286. The summed E-state index contributed by atoms with van der Waals surface area (Å²) in [5.74, 6) is -0.739. The highest BCUT2D eigenvalue weighted by Crippen LogP contribution is 2.22. The predicted octanol–water partition coefficient (Wildman–Crippen LogP) is 3.09. The first-order valence-corrected chi connectivity index (χ1v) is 8.99. The number of carbonyl (C=O) groups is 3. The van der Waals surface area contributed by atoms with Crippen LogP contribution in [0.1, 0.15) is 30.6 Å². The molecule has 2 rings (SSSR count). The van der Waals surface area contributed by atoms with Crippen LogP contribution in [0.4, 0.5) is 4.79 Å². The second-order valence-corrected chi connectivity index (χ2v) is 6.69. The Hall–Kier alpha value is -3.35. The maximum atomic E-state index is 12.0. The van der Waals surface area contributed by atoms with Gasteiger partial charge in [-0.05, 0) is 47.7 Å². The van der Waals surface area contributed by atoms with E-state index in [1.807, 2.05) is 13.8 Å². The average molecular weight is 384 g/mol. The first-order valence-electron chi connectivity index (χ1n) is 8.99. The number of amides is 3. The maximum Gasteiger partial charge on any atom is 0.338 e. The second kappa shape index (κ2) is 10.1. The van der Waals surface area contributed by atoms with Crippen molar-refractivity contribution in [1.82, 2.24) is 10.6 Å². The Balaban J connectivity index is 1.80. The van der Waals surface area contributed by atoms with Crippen molar-refractivity contribution in [3.05, 3.63) is 54.1 Å². The molecule has 2 aromatic carbocycles. The summed E-state index contributed by atoms with van der Waals surface area (Å²) in [4.78, 5) is 35.3. The minimum absolute atomic E-state index is 0.177. The van der Waals surface area contributed by atoms with Crippen molar-refractivity contribution in [1.29, 1.82) is 0 Å². The van der Waals surface area contributed by atoms with Gasteiger partial charge in [-0.15, -0.1) is 0 Å². The van der Waals surface area contributed by atoms with E-state index < -0.39 is 24.5 Å². The van der Waals surface area contributed by atoms with Crippen molar-refractivity contribution in [2.45, 2.75) is 20.3 Å². The Morgan fingerprint density at radius 2 is 1.54 bits per heavy atom. The van der Waals surface area contributed by atoms with Crippen LogP contribution < -0.4 is 10.6 Å². The van der Waals surface area contributed by atoms with Crippen LogP contribution >= 0.6 is 0 Å². The smallest absolute Gasteiger partial charge is 0.338 e. The van der Waals surface area contributed by atoms with Gasteiger partial charge in [0.05, 0.1) is 5.56 Å². The van der Waals surface area contributed by atoms with Crippen molar-refractivity contribution in [2.24, 2.45) is 5.92 Å². The van der Waals surface area contributed by atoms with Crippen molar-refractivity contribution < 1.29 is 24.2 Å². The largest absolute Gasteiger partial charge is 0.508 e. The Bertz CT molecular complexity index is 814. The Kier molecular flexibility index (Phi) is 7.56. The lowest BCUT2D eigenvalue weighted by Gasteiger charge is -2.09. The molecule has 7 nitrogen and oxygen atoms in total. The van der Waals surface area contributed by atoms with Crippen LogP contribution in [-0.2, 0) is 9.53 Å². The van der Waals surface area contributed by atoms with Gasteiger partial charge in [0.25, 0.3) is 5.91 Å². The van der Waals surface area contributed by atoms with E-state index in [2.05, 4.69) is 10.6 Å². The summed E-state index contributed by atoms with van der Waals surface area (Å²) in [6.07, 6.45) is 0.802. The van der Waals surface area contributed by atoms with Crippen molar-refractivity contribution in [3.63, 3.8) is 0 Å². The first-order chi connectivity index (χ1) is 13.3. The molecule has 3 amide bonds. The zero-order valence-corrected chi connectivity index (χ0v) is 15.9. The molecule has 0 aliphatic carbocycles. The molecule has 0 heterocycles. The van der Waals surface area contributed by atoms with E-state index in [1.165, 1.54) is 0 Å². The zero-order valence-electron chi connectivity index (χ0n) is 15.9. The van der Waals surface area contributed by atoms with Gasteiger partial charge < -0.3 is 15.2 Å². The predicted molar refractivity (Wildman–Crippen MR) is 105 cm³/mol. The molecule has 0 fully saturated rings. The summed E-state index contributed by atoms with van der Waals surface area (Å²) in [5.41, 5.74) is 2.05. The molecule has 148 valence electrons. The number of phenolic OH excluding ortho intramolecular Hbond substituents is 1. The zero-order chi connectivity index (χ0) is 20.5. The van der Waals surface area contributed by atoms with E-state index in [0.29, 0.717) is 12.5 Å². The summed E-state index contributed by atoms with van der Waals surface area (Å²) in [6.45, 7) is 3.98. The van der Waals surface area contributed by atoms with E-state index in [9.17, 15) is 19.5 Å². The van der Waals surface area contributed by atoms with Gasteiger partial charge in [-0.1, -0.05) is 38.1 Å². The molecule has 0 spiro atoms. The van der Waals surface area contributed by atoms with Crippen LogP contribution in [0, 0.1) is 5.92 Å². The Labute approximate surface area is 163 Å². The SMILES string of the molecule is CC(C)CCNC(=O)NC(=O)COC(=O)c1ccc(-c2ccc(O)cc2)cc1. The van der Waals surface area contributed by atoms with E-state index in [-0.39, 0.29) is 11.3 Å².